The third kappa shape index (κ3) is 1.31. The van der Waals surface area contributed by atoms with Crippen molar-refractivity contribution in [1.29, 1.82) is 0 Å². The highest BCUT2D eigenvalue weighted by Crippen LogP contribution is 2.50. The number of halogens is 4. The quantitative estimate of drug-likeness (QED) is 0.578. The molecule has 4 heteroatoms. The fourth-order valence-corrected chi connectivity index (χ4v) is 1.78. The molecule has 12 heavy (non-hydrogen) atoms. The molecule has 0 bridgehead atoms. The predicted octanol–water partition coefficient (Wildman–Crippen LogP) is 3.12. The van der Waals surface area contributed by atoms with Crippen molar-refractivity contribution < 1.29 is 17.6 Å². The Morgan fingerprint density at radius 3 is 2.17 bits per heavy atom. The van der Waals surface area contributed by atoms with Crippen LogP contribution in [0.2, 0.25) is 0 Å². The summed E-state index contributed by atoms with van der Waals surface area (Å²) in [6.07, 6.45) is -0.770. The SMILES string of the molecule is CCC1(F)CCC(F)(F)C1CF. The summed E-state index contributed by atoms with van der Waals surface area (Å²) in [4.78, 5) is 0. The molecule has 0 heterocycles. The number of alkyl halides is 4. The van der Waals surface area contributed by atoms with E-state index in [1.165, 1.54) is 6.92 Å². The van der Waals surface area contributed by atoms with Gasteiger partial charge >= 0.3 is 0 Å². The Kier molecular flexibility index (Phi) is 2.36. The summed E-state index contributed by atoms with van der Waals surface area (Å²) in [7, 11) is 0. The average molecular weight is 184 g/mol. The van der Waals surface area contributed by atoms with Crippen LogP contribution in [0.1, 0.15) is 26.2 Å². The zero-order valence-corrected chi connectivity index (χ0v) is 6.92. The Balaban J connectivity index is 2.83. The molecule has 0 spiro atoms. The van der Waals surface area contributed by atoms with Crippen LogP contribution in [-0.4, -0.2) is 18.3 Å². The Bertz CT molecular complexity index is 168. The van der Waals surface area contributed by atoms with Crippen LogP contribution in [0.3, 0.4) is 0 Å². The van der Waals surface area contributed by atoms with Gasteiger partial charge in [-0.3, -0.25) is 4.39 Å². The lowest BCUT2D eigenvalue weighted by Gasteiger charge is -2.26. The molecule has 0 radical (unpaired) electrons. The smallest absolute Gasteiger partial charge is 0.250 e. The van der Waals surface area contributed by atoms with Gasteiger partial charge in [-0.15, -0.1) is 0 Å². The first-order valence-corrected chi connectivity index (χ1v) is 4.09. The maximum atomic E-state index is 13.5. The lowest BCUT2D eigenvalue weighted by atomic mass is 9.90. The summed E-state index contributed by atoms with van der Waals surface area (Å²) in [5.41, 5.74) is -1.99. The largest absolute Gasteiger partial charge is 0.256 e. The van der Waals surface area contributed by atoms with E-state index in [1.54, 1.807) is 0 Å². The molecule has 0 aromatic heterocycles. The minimum atomic E-state index is -3.15. The van der Waals surface area contributed by atoms with Crippen molar-refractivity contribution in [3.05, 3.63) is 0 Å². The van der Waals surface area contributed by atoms with Crippen molar-refractivity contribution in [2.24, 2.45) is 5.92 Å². The average Bonchev–Trinajstić information content (AvgIpc) is 2.24. The van der Waals surface area contributed by atoms with Gasteiger partial charge in [0.1, 0.15) is 12.3 Å². The minimum Gasteiger partial charge on any atom is -0.250 e. The van der Waals surface area contributed by atoms with E-state index in [-0.39, 0.29) is 12.8 Å². The Morgan fingerprint density at radius 2 is 1.83 bits per heavy atom. The third-order valence-corrected chi connectivity index (χ3v) is 2.75. The molecular formula is C8H12F4. The van der Waals surface area contributed by atoms with Crippen molar-refractivity contribution in [2.45, 2.75) is 37.8 Å². The van der Waals surface area contributed by atoms with Gasteiger partial charge in [0, 0.05) is 6.42 Å². The fourth-order valence-electron chi connectivity index (χ4n) is 1.78. The molecule has 2 unspecified atom stereocenters. The van der Waals surface area contributed by atoms with E-state index in [4.69, 9.17) is 0 Å². The maximum Gasteiger partial charge on any atom is 0.256 e. The van der Waals surface area contributed by atoms with Crippen LogP contribution >= 0.6 is 0 Å². The van der Waals surface area contributed by atoms with Crippen LogP contribution in [0, 0.1) is 5.92 Å². The normalized spacial score (nSPS) is 40.2. The van der Waals surface area contributed by atoms with E-state index in [0.717, 1.165) is 0 Å². The zero-order chi connectivity index (χ0) is 9.41. The molecule has 2 atom stereocenters. The number of rotatable bonds is 2. The number of hydrogen-bond donors (Lipinski definition) is 0. The molecule has 0 aromatic rings. The third-order valence-electron chi connectivity index (χ3n) is 2.75. The van der Waals surface area contributed by atoms with E-state index < -0.39 is 30.6 Å². The summed E-state index contributed by atoms with van der Waals surface area (Å²) in [6.45, 7) is 0.210. The van der Waals surface area contributed by atoms with Crippen LogP contribution in [-0.2, 0) is 0 Å². The van der Waals surface area contributed by atoms with E-state index in [1.807, 2.05) is 0 Å². The summed E-state index contributed by atoms with van der Waals surface area (Å²) < 4.78 is 51.3. The summed E-state index contributed by atoms with van der Waals surface area (Å²) in [6, 6.07) is 0. The van der Waals surface area contributed by atoms with Crippen LogP contribution in [0.5, 0.6) is 0 Å². The highest BCUT2D eigenvalue weighted by molar-refractivity contribution is 5.01. The Labute approximate surface area is 69.0 Å². The molecule has 72 valence electrons. The first-order chi connectivity index (χ1) is 5.46. The fraction of sp³-hybridized carbons (Fsp3) is 1.00. The molecule has 1 saturated carbocycles. The Hall–Kier alpha value is -0.280. The van der Waals surface area contributed by atoms with Crippen LogP contribution in [0.25, 0.3) is 0 Å². The second kappa shape index (κ2) is 2.89. The van der Waals surface area contributed by atoms with Gasteiger partial charge in [0.2, 0.25) is 0 Å². The highest BCUT2D eigenvalue weighted by Gasteiger charge is 2.58. The van der Waals surface area contributed by atoms with E-state index >= 15 is 0 Å². The van der Waals surface area contributed by atoms with Gasteiger partial charge in [-0.05, 0) is 12.8 Å². The predicted molar refractivity (Wildman–Crippen MR) is 37.8 cm³/mol. The van der Waals surface area contributed by atoms with Gasteiger partial charge in [0.05, 0.1) is 5.92 Å². The molecule has 0 amide bonds. The summed E-state index contributed by atoms with van der Waals surface area (Å²) >= 11 is 0. The second-order valence-electron chi connectivity index (χ2n) is 3.36. The van der Waals surface area contributed by atoms with Crippen LogP contribution < -0.4 is 0 Å². The second-order valence-corrected chi connectivity index (χ2v) is 3.36. The molecule has 0 N–H and O–H groups in total. The van der Waals surface area contributed by atoms with Crippen molar-refractivity contribution in [2.75, 3.05) is 6.67 Å². The maximum absolute atomic E-state index is 13.5. The molecule has 1 rings (SSSR count). The van der Waals surface area contributed by atoms with Crippen molar-refractivity contribution in [3.63, 3.8) is 0 Å². The molecular weight excluding hydrogens is 172 g/mol. The lowest BCUT2D eigenvalue weighted by molar-refractivity contribution is -0.0802. The molecule has 1 aliphatic rings. The standard InChI is InChI=1S/C8H12F4/c1-2-7(10)3-4-8(11,12)6(7)5-9/h6H,2-5H2,1H3. The van der Waals surface area contributed by atoms with Gasteiger partial charge in [-0.25, -0.2) is 13.2 Å². The molecule has 0 aliphatic heterocycles. The van der Waals surface area contributed by atoms with Crippen LogP contribution in [0.15, 0.2) is 0 Å². The first-order valence-electron chi connectivity index (χ1n) is 4.09. The molecule has 0 saturated heterocycles. The lowest BCUT2D eigenvalue weighted by Crippen LogP contribution is -2.37. The molecule has 0 aromatic carbocycles. The van der Waals surface area contributed by atoms with E-state index in [2.05, 4.69) is 0 Å². The van der Waals surface area contributed by atoms with E-state index in [0.29, 0.717) is 0 Å². The van der Waals surface area contributed by atoms with Gasteiger partial charge < -0.3 is 0 Å². The summed E-state index contributed by atoms with van der Waals surface area (Å²) in [5.74, 6) is -4.88. The van der Waals surface area contributed by atoms with Crippen molar-refractivity contribution in [1.82, 2.24) is 0 Å². The number of hydrogen-bond acceptors (Lipinski definition) is 0. The zero-order valence-electron chi connectivity index (χ0n) is 6.92. The van der Waals surface area contributed by atoms with Crippen molar-refractivity contribution in [3.8, 4) is 0 Å². The van der Waals surface area contributed by atoms with Gasteiger partial charge in [0.15, 0.2) is 0 Å². The minimum absolute atomic E-state index is 0.0306. The first kappa shape index (κ1) is 9.81. The molecule has 1 aliphatic carbocycles. The molecule has 0 nitrogen and oxygen atoms in total. The highest BCUT2D eigenvalue weighted by atomic mass is 19.3. The van der Waals surface area contributed by atoms with E-state index in [9.17, 15) is 17.6 Å². The Morgan fingerprint density at radius 1 is 1.25 bits per heavy atom. The monoisotopic (exact) mass is 184 g/mol. The van der Waals surface area contributed by atoms with Crippen LogP contribution in [0.4, 0.5) is 17.6 Å². The van der Waals surface area contributed by atoms with Gasteiger partial charge in [0.25, 0.3) is 5.92 Å². The molecule has 1 fully saturated rings. The van der Waals surface area contributed by atoms with Crippen molar-refractivity contribution >= 4 is 0 Å². The van der Waals surface area contributed by atoms with Gasteiger partial charge in [-0.1, -0.05) is 6.92 Å². The topological polar surface area (TPSA) is 0 Å². The van der Waals surface area contributed by atoms with Gasteiger partial charge in [-0.2, -0.15) is 0 Å². The summed E-state index contributed by atoms with van der Waals surface area (Å²) in [5, 5.41) is 0.